The van der Waals surface area contributed by atoms with Gasteiger partial charge in [0.05, 0.1) is 0 Å². The molecule has 0 atom stereocenters. The van der Waals surface area contributed by atoms with Gasteiger partial charge in [-0.2, -0.15) is 17.2 Å². The van der Waals surface area contributed by atoms with E-state index in [2.05, 4.69) is 67.4 Å². The number of aromatic nitrogens is 1. The number of benzene rings is 3. The number of aliphatic hydroxyl groups is 1. The van der Waals surface area contributed by atoms with Gasteiger partial charge in [-0.1, -0.05) is 86.6 Å². The molecule has 0 fully saturated rings. The van der Waals surface area contributed by atoms with Crippen LogP contribution in [0.1, 0.15) is 85.3 Å². The minimum absolute atomic E-state index is 0. The number of carbonyl (C=O) groups is 1. The first-order chi connectivity index (χ1) is 18.8. The molecule has 1 radical (unpaired) electrons. The number of aryl methyl sites for hydroxylation is 1. The van der Waals surface area contributed by atoms with Crippen molar-refractivity contribution in [3.05, 3.63) is 89.8 Å². The van der Waals surface area contributed by atoms with Gasteiger partial charge in [-0.3, -0.25) is 4.79 Å². The third-order valence-corrected chi connectivity index (χ3v) is 7.86. The molecule has 4 nitrogen and oxygen atoms in total. The summed E-state index contributed by atoms with van der Waals surface area (Å²) in [6, 6.07) is 22.2. The Bertz CT molecular complexity index is 1520. The van der Waals surface area contributed by atoms with Crippen LogP contribution in [0.4, 0.5) is 0 Å². The van der Waals surface area contributed by atoms with Crippen molar-refractivity contribution in [2.75, 3.05) is 0 Å². The number of ketones is 1. The molecule has 0 spiro atoms. The fourth-order valence-corrected chi connectivity index (χ4v) is 3.99. The van der Waals surface area contributed by atoms with Gasteiger partial charge in [0.2, 0.25) is 5.88 Å². The number of aliphatic hydroxyl groups excluding tert-OH is 1. The Morgan fingerprint density at radius 1 is 0.951 bits per heavy atom. The Balaban J connectivity index is 0.000000320. The SMILES string of the molecule is CCC(C)(C)C(=O)/C=C(\O)C(C)(C)CC.Cc1[c-]c(Oc2nccc3cc4ccccc4cc23)cc(C(C)C)c1.[Ir]. The second kappa shape index (κ2) is 14.2. The molecule has 0 saturated heterocycles. The predicted molar refractivity (Wildman–Crippen MR) is 167 cm³/mol. The number of hydrogen-bond donors (Lipinski definition) is 1. The standard InChI is InChI=1S/C23H20NO.C13H24O2.Ir/c1-15(2)20-10-16(3)11-21(13-20)25-23-22-14-18-7-5-4-6-17(18)12-19(22)8-9-24-23;1-7-12(3,4)10(14)9-11(15)13(5,6)8-2;/h4-10,12-15H,1-3H3;9,14H,7-8H2,1-6H3;/q-1;;/b;10-9-;. The predicted octanol–water partition coefficient (Wildman–Crippen LogP) is 10.3. The summed E-state index contributed by atoms with van der Waals surface area (Å²) in [5.41, 5.74) is 1.64. The minimum Gasteiger partial charge on any atom is -0.512 e. The van der Waals surface area contributed by atoms with Crippen LogP contribution in [0.2, 0.25) is 0 Å². The average molecular weight is 731 g/mol. The number of nitrogens with zero attached hydrogens (tertiary/aromatic N) is 1. The number of pyridine rings is 1. The van der Waals surface area contributed by atoms with Gasteiger partial charge in [0.1, 0.15) is 5.76 Å². The van der Waals surface area contributed by atoms with E-state index in [-0.39, 0.29) is 42.5 Å². The van der Waals surface area contributed by atoms with Gasteiger partial charge in [-0.05, 0) is 53.1 Å². The van der Waals surface area contributed by atoms with Gasteiger partial charge >= 0.3 is 0 Å². The van der Waals surface area contributed by atoms with E-state index in [1.807, 2.05) is 60.6 Å². The van der Waals surface area contributed by atoms with Crippen molar-refractivity contribution in [2.24, 2.45) is 10.8 Å². The first kappa shape index (κ1) is 34.2. The van der Waals surface area contributed by atoms with Gasteiger partial charge < -0.3 is 9.84 Å². The van der Waals surface area contributed by atoms with E-state index < -0.39 is 0 Å². The number of carbonyl (C=O) groups excluding carboxylic acids is 1. The van der Waals surface area contributed by atoms with Crippen LogP contribution in [-0.4, -0.2) is 15.9 Å². The molecule has 4 rings (SSSR count). The molecule has 1 aromatic heterocycles. The summed E-state index contributed by atoms with van der Waals surface area (Å²) >= 11 is 0. The molecule has 4 aromatic rings. The van der Waals surface area contributed by atoms with Crippen molar-refractivity contribution in [1.82, 2.24) is 4.98 Å². The molecule has 1 heterocycles. The van der Waals surface area contributed by atoms with Gasteiger partial charge in [0.25, 0.3) is 0 Å². The van der Waals surface area contributed by atoms with E-state index in [4.69, 9.17) is 4.74 Å². The third kappa shape index (κ3) is 8.74. The fraction of sp³-hybridized carbons (Fsp3) is 0.389. The molecule has 0 amide bonds. The summed E-state index contributed by atoms with van der Waals surface area (Å²) < 4.78 is 6.15. The molecule has 0 saturated carbocycles. The van der Waals surface area contributed by atoms with E-state index in [1.54, 1.807) is 6.20 Å². The average Bonchev–Trinajstić information content (AvgIpc) is 2.92. The number of hydrogen-bond acceptors (Lipinski definition) is 4. The molecule has 5 heteroatoms. The zero-order valence-electron chi connectivity index (χ0n) is 25.9. The summed E-state index contributed by atoms with van der Waals surface area (Å²) in [7, 11) is 0. The van der Waals surface area contributed by atoms with E-state index in [9.17, 15) is 9.90 Å². The second-order valence-corrected chi connectivity index (χ2v) is 12.1. The number of ether oxygens (including phenoxy) is 1. The molecule has 221 valence electrons. The van der Waals surface area contributed by atoms with Gasteiger partial charge in [-0.25, -0.2) is 4.98 Å². The van der Waals surface area contributed by atoms with Crippen LogP contribution in [0, 0.1) is 23.8 Å². The summed E-state index contributed by atoms with van der Waals surface area (Å²) in [5.74, 6) is 1.98. The topological polar surface area (TPSA) is 59.4 Å². The van der Waals surface area contributed by atoms with Gasteiger partial charge in [0, 0.05) is 54.3 Å². The number of allylic oxidation sites excluding steroid dienone is 2. The Hall–Kier alpha value is -3.01. The molecule has 3 aromatic carbocycles. The van der Waals surface area contributed by atoms with Crippen molar-refractivity contribution in [1.29, 1.82) is 0 Å². The monoisotopic (exact) mass is 731 g/mol. The largest absolute Gasteiger partial charge is 0.512 e. The van der Waals surface area contributed by atoms with Gasteiger partial charge in [0.15, 0.2) is 5.78 Å². The third-order valence-electron chi connectivity index (χ3n) is 7.86. The van der Waals surface area contributed by atoms with Crippen LogP contribution in [0.15, 0.2) is 72.6 Å². The van der Waals surface area contributed by atoms with Crippen LogP contribution in [-0.2, 0) is 24.9 Å². The van der Waals surface area contributed by atoms with E-state index in [1.165, 1.54) is 22.4 Å². The molecule has 1 N–H and O–H groups in total. The van der Waals surface area contributed by atoms with Crippen molar-refractivity contribution in [3.8, 4) is 11.6 Å². The summed E-state index contributed by atoms with van der Waals surface area (Å²) in [5, 5.41) is 14.4. The quantitative estimate of drug-likeness (QED) is 0.0849. The number of rotatable bonds is 8. The maximum atomic E-state index is 11.8. The van der Waals surface area contributed by atoms with Crippen molar-refractivity contribution >= 4 is 27.3 Å². The van der Waals surface area contributed by atoms with Crippen molar-refractivity contribution in [3.63, 3.8) is 0 Å². The van der Waals surface area contributed by atoms with Crippen LogP contribution >= 0.6 is 0 Å². The summed E-state index contributed by atoms with van der Waals surface area (Å²) in [6.45, 7) is 18.1. The Morgan fingerprint density at radius 3 is 2.15 bits per heavy atom. The fourth-order valence-electron chi connectivity index (χ4n) is 3.99. The zero-order valence-corrected chi connectivity index (χ0v) is 28.3. The second-order valence-electron chi connectivity index (χ2n) is 12.1. The Labute approximate surface area is 259 Å². The first-order valence-corrected chi connectivity index (χ1v) is 14.2. The normalized spacial score (nSPS) is 12.1. The van der Waals surface area contributed by atoms with Crippen LogP contribution in [0.5, 0.6) is 11.6 Å². The molecular weight excluding hydrogens is 687 g/mol. The van der Waals surface area contributed by atoms with E-state index in [0.29, 0.717) is 11.8 Å². The summed E-state index contributed by atoms with van der Waals surface area (Å²) in [6.07, 6.45) is 4.79. The molecule has 0 unspecified atom stereocenters. The molecule has 41 heavy (non-hydrogen) atoms. The van der Waals surface area contributed by atoms with Crippen LogP contribution < -0.4 is 4.74 Å². The molecule has 0 aliphatic carbocycles. The smallest absolute Gasteiger partial charge is 0.224 e. The Kier molecular flexibility index (Phi) is 11.9. The molecular formula is C36H44IrNO3-. The summed E-state index contributed by atoms with van der Waals surface area (Å²) in [4.78, 5) is 16.3. The zero-order chi connectivity index (χ0) is 29.7. The van der Waals surface area contributed by atoms with Crippen molar-refractivity contribution < 1.29 is 34.7 Å². The van der Waals surface area contributed by atoms with Crippen molar-refractivity contribution in [2.45, 2.75) is 81.1 Å². The van der Waals surface area contributed by atoms with Gasteiger partial charge in [-0.15, -0.1) is 12.1 Å². The number of fused-ring (bicyclic) bond motifs is 2. The maximum Gasteiger partial charge on any atom is 0.224 e. The minimum atomic E-state index is -0.377. The maximum absolute atomic E-state index is 11.8. The van der Waals surface area contributed by atoms with E-state index >= 15 is 0 Å². The molecule has 0 bridgehead atoms. The molecule has 0 aliphatic rings. The first-order valence-electron chi connectivity index (χ1n) is 14.2. The Morgan fingerprint density at radius 2 is 1.56 bits per heavy atom. The van der Waals surface area contributed by atoms with E-state index in [0.717, 1.165) is 34.9 Å². The molecule has 0 aliphatic heterocycles. The van der Waals surface area contributed by atoms with Crippen LogP contribution in [0.25, 0.3) is 21.5 Å². The van der Waals surface area contributed by atoms with Crippen LogP contribution in [0.3, 0.4) is 0 Å².